The summed E-state index contributed by atoms with van der Waals surface area (Å²) in [5.41, 5.74) is 1.46. The van der Waals surface area contributed by atoms with Crippen LogP contribution in [-0.4, -0.2) is 12.0 Å². The van der Waals surface area contributed by atoms with Crippen LogP contribution in [0.2, 0.25) is 0 Å². The average Bonchev–Trinajstić information content (AvgIpc) is 2.49. The lowest BCUT2D eigenvalue weighted by molar-refractivity contribution is 0.633. The summed E-state index contributed by atoms with van der Waals surface area (Å²) in [5.74, 6) is -0.218. The number of halogens is 1. The van der Waals surface area contributed by atoms with E-state index in [4.69, 9.17) is 0 Å². The molecular weight excluding hydrogens is 155 g/mol. The lowest BCUT2D eigenvalue weighted by Crippen LogP contribution is -1.91. The fraction of sp³-hybridized carbons (Fsp3) is 0.111. The van der Waals surface area contributed by atoms with Gasteiger partial charge in [-0.25, -0.2) is 4.39 Å². The molecular formula is C9H9FN2. The van der Waals surface area contributed by atoms with Gasteiger partial charge in [0.1, 0.15) is 5.82 Å². The first-order valence-corrected chi connectivity index (χ1v) is 3.75. The van der Waals surface area contributed by atoms with Crippen molar-refractivity contribution in [1.29, 1.82) is 0 Å². The van der Waals surface area contributed by atoms with Crippen LogP contribution in [0.25, 0.3) is 10.9 Å². The van der Waals surface area contributed by atoms with Crippen molar-refractivity contribution in [3.8, 4) is 0 Å². The topological polar surface area (TPSA) is 27.8 Å². The number of hydrogen-bond donors (Lipinski definition) is 2. The molecule has 0 aliphatic carbocycles. The first kappa shape index (κ1) is 7.16. The molecule has 0 atom stereocenters. The molecule has 0 aliphatic rings. The summed E-state index contributed by atoms with van der Waals surface area (Å²) in [6.45, 7) is 0. The molecule has 1 aromatic heterocycles. The molecule has 0 amide bonds. The van der Waals surface area contributed by atoms with Gasteiger partial charge in [0, 0.05) is 24.1 Å². The molecule has 2 N–H and O–H groups in total. The quantitative estimate of drug-likeness (QED) is 0.665. The number of fused-ring (bicyclic) bond motifs is 1. The third kappa shape index (κ3) is 0.942. The van der Waals surface area contributed by atoms with Crippen molar-refractivity contribution >= 4 is 16.6 Å². The fourth-order valence-electron chi connectivity index (χ4n) is 1.26. The van der Waals surface area contributed by atoms with Gasteiger partial charge in [0.05, 0.1) is 5.69 Å². The second-order valence-electron chi connectivity index (χ2n) is 2.65. The van der Waals surface area contributed by atoms with Crippen molar-refractivity contribution < 1.29 is 4.39 Å². The molecule has 0 bridgehead atoms. The predicted molar refractivity (Wildman–Crippen MR) is 47.8 cm³/mol. The molecule has 0 aliphatic heterocycles. The van der Waals surface area contributed by atoms with Crippen molar-refractivity contribution in [2.45, 2.75) is 0 Å². The Balaban J connectivity index is 2.73. The van der Waals surface area contributed by atoms with Gasteiger partial charge in [-0.3, -0.25) is 0 Å². The molecule has 0 saturated heterocycles. The summed E-state index contributed by atoms with van der Waals surface area (Å²) in [7, 11) is 1.70. The van der Waals surface area contributed by atoms with Gasteiger partial charge in [-0.15, -0.1) is 0 Å². The maximum absolute atomic E-state index is 13.1. The second kappa shape index (κ2) is 2.52. The first-order valence-electron chi connectivity index (χ1n) is 3.75. The van der Waals surface area contributed by atoms with E-state index in [2.05, 4.69) is 10.3 Å². The third-order valence-corrected chi connectivity index (χ3v) is 1.91. The van der Waals surface area contributed by atoms with Crippen LogP contribution in [0.5, 0.6) is 0 Å². The first-order chi connectivity index (χ1) is 5.81. The molecule has 0 radical (unpaired) electrons. The number of nitrogens with one attached hydrogen (secondary N) is 2. The number of hydrogen-bond acceptors (Lipinski definition) is 1. The van der Waals surface area contributed by atoms with Crippen LogP contribution in [0.3, 0.4) is 0 Å². The van der Waals surface area contributed by atoms with Crippen molar-refractivity contribution in [2.75, 3.05) is 12.4 Å². The van der Waals surface area contributed by atoms with E-state index in [0.29, 0.717) is 5.69 Å². The normalized spacial score (nSPS) is 10.5. The minimum Gasteiger partial charge on any atom is -0.386 e. The molecule has 2 rings (SSSR count). The highest BCUT2D eigenvalue weighted by molar-refractivity contribution is 5.83. The third-order valence-electron chi connectivity index (χ3n) is 1.91. The molecule has 0 unspecified atom stereocenters. The molecule has 0 fully saturated rings. The fourth-order valence-corrected chi connectivity index (χ4v) is 1.26. The van der Waals surface area contributed by atoms with Gasteiger partial charge in [0.15, 0.2) is 0 Å². The van der Waals surface area contributed by atoms with Crippen LogP contribution >= 0.6 is 0 Å². The number of benzene rings is 1. The summed E-state index contributed by atoms with van der Waals surface area (Å²) in [5, 5.41) is 3.68. The number of aromatic amines is 1. The van der Waals surface area contributed by atoms with Gasteiger partial charge in [0.2, 0.25) is 0 Å². The van der Waals surface area contributed by atoms with Crippen molar-refractivity contribution in [3.05, 3.63) is 30.2 Å². The lowest BCUT2D eigenvalue weighted by atomic mass is 10.2. The van der Waals surface area contributed by atoms with Crippen molar-refractivity contribution in [1.82, 2.24) is 4.98 Å². The van der Waals surface area contributed by atoms with E-state index < -0.39 is 0 Å². The molecule has 2 aromatic rings. The summed E-state index contributed by atoms with van der Waals surface area (Å²) in [6.07, 6.45) is 1.80. The van der Waals surface area contributed by atoms with E-state index in [0.717, 1.165) is 10.9 Å². The monoisotopic (exact) mass is 164 g/mol. The van der Waals surface area contributed by atoms with E-state index in [1.807, 2.05) is 6.07 Å². The minimum atomic E-state index is -0.218. The summed E-state index contributed by atoms with van der Waals surface area (Å²) in [6, 6.07) is 5.11. The number of aromatic nitrogens is 1. The smallest absolute Gasteiger partial charge is 0.147 e. The van der Waals surface area contributed by atoms with E-state index in [1.165, 1.54) is 6.07 Å². The number of H-pyrrole nitrogens is 1. The number of anilines is 1. The van der Waals surface area contributed by atoms with E-state index >= 15 is 0 Å². The molecule has 3 heteroatoms. The van der Waals surface area contributed by atoms with Crippen LogP contribution in [0.1, 0.15) is 0 Å². The summed E-state index contributed by atoms with van der Waals surface area (Å²) in [4.78, 5) is 3.01. The Labute approximate surface area is 69.4 Å². The summed E-state index contributed by atoms with van der Waals surface area (Å²) >= 11 is 0. The molecule has 0 saturated carbocycles. The van der Waals surface area contributed by atoms with Gasteiger partial charge in [-0.2, -0.15) is 0 Å². The highest BCUT2D eigenvalue weighted by Gasteiger charge is 2.02. The van der Waals surface area contributed by atoms with E-state index in [-0.39, 0.29) is 5.82 Å². The molecule has 62 valence electrons. The minimum absolute atomic E-state index is 0.218. The van der Waals surface area contributed by atoms with Crippen molar-refractivity contribution in [2.24, 2.45) is 0 Å². The molecule has 1 aromatic carbocycles. The van der Waals surface area contributed by atoms with Gasteiger partial charge in [-0.1, -0.05) is 0 Å². The average molecular weight is 164 g/mol. The Morgan fingerprint density at radius 2 is 2.25 bits per heavy atom. The predicted octanol–water partition coefficient (Wildman–Crippen LogP) is 2.35. The van der Waals surface area contributed by atoms with E-state index in [9.17, 15) is 4.39 Å². The zero-order chi connectivity index (χ0) is 8.55. The highest BCUT2D eigenvalue weighted by atomic mass is 19.1. The Hall–Kier alpha value is -1.51. The molecule has 1 heterocycles. The molecule has 0 spiro atoms. The lowest BCUT2D eigenvalue weighted by Gasteiger charge is -2.01. The van der Waals surface area contributed by atoms with Gasteiger partial charge in [0.25, 0.3) is 0 Å². The Morgan fingerprint density at radius 3 is 3.00 bits per heavy atom. The van der Waals surface area contributed by atoms with Crippen LogP contribution in [0, 0.1) is 5.82 Å². The second-order valence-corrected chi connectivity index (χ2v) is 2.65. The Morgan fingerprint density at radius 1 is 1.42 bits per heavy atom. The maximum atomic E-state index is 13.1. The van der Waals surface area contributed by atoms with Crippen LogP contribution in [0.4, 0.5) is 10.1 Å². The van der Waals surface area contributed by atoms with Crippen LogP contribution in [-0.2, 0) is 0 Å². The van der Waals surface area contributed by atoms with Crippen LogP contribution < -0.4 is 5.32 Å². The standard InChI is InChI=1S/C9H9FN2/c1-11-9-5-8-6(2-3-12-8)4-7(9)10/h2-5,11-12H,1H3. The van der Waals surface area contributed by atoms with Gasteiger partial charge >= 0.3 is 0 Å². The number of rotatable bonds is 1. The molecule has 12 heavy (non-hydrogen) atoms. The largest absolute Gasteiger partial charge is 0.386 e. The summed E-state index contributed by atoms with van der Waals surface area (Å²) < 4.78 is 13.1. The Kier molecular flexibility index (Phi) is 1.50. The van der Waals surface area contributed by atoms with Gasteiger partial charge in [-0.05, 0) is 18.2 Å². The Bertz CT molecular complexity index is 406. The van der Waals surface area contributed by atoms with Gasteiger partial charge < -0.3 is 10.3 Å². The van der Waals surface area contributed by atoms with E-state index in [1.54, 1.807) is 19.3 Å². The molecule has 2 nitrogen and oxygen atoms in total. The zero-order valence-electron chi connectivity index (χ0n) is 6.69. The zero-order valence-corrected chi connectivity index (χ0v) is 6.69. The highest BCUT2D eigenvalue weighted by Crippen LogP contribution is 2.21. The SMILES string of the molecule is CNc1cc2[nH]ccc2cc1F. The maximum Gasteiger partial charge on any atom is 0.147 e. The van der Waals surface area contributed by atoms with Crippen molar-refractivity contribution in [3.63, 3.8) is 0 Å². The van der Waals surface area contributed by atoms with Crippen LogP contribution in [0.15, 0.2) is 24.4 Å².